The molecule has 0 aliphatic carbocycles. The third-order valence-electron chi connectivity index (χ3n) is 2.71. The van der Waals surface area contributed by atoms with Crippen molar-refractivity contribution >= 4 is 33.8 Å². The van der Waals surface area contributed by atoms with Crippen molar-refractivity contribution in [1.82, 2.24) is 9.80 Å². The number of urea groups is 1. The van der Waals surface area contributed by atoms with Crippen LogP contribution in [0.25, 0.3) is 0 Å². The van der Waals surface area contributed by atoms with Crippen LogP contribution in [0.3, 0.4) is 0 Å². The SMILES string of the molecule is CCN1C(=O)C(=O)N(Cc2ccc(Br)cc2)C1=O. The van der Waals surface area contributed by atoms with Crippen molar-refractivity contribution in [3.05, 3.63) is 34.3 Å². The first-order valence-corrected chi connectivity index (χ1v) is 6.25. The summed E-state index contributed by atoms with van der Waals surface area (Å²) in [4.78, 5) is 36.9. The summed E-state index contributed by atoms with van der Waals surface area (Å²) in [7, 11) is 0. The Morgan fingerprint density at radius 3 is 2.06 bits per heavy atom. The van der Waals surface area contributed by atoms with Crippen LogP contribution in [0.5, 0.6) is 0 Å². The van der Waals surface area contributed by atoms with E-state index in [9.17, 15) is 14.4 Å². The molecule has 1 saturated heterocycles. The molecule has 1 heterocycles. The molecule has 1 aromatic carbocycles. The van der Waals surface area contributed by atoms with E-state index in [1.54, 1.807) is 19.1 Å². The molecule has 6 heteroatoms. The van der Waals surface area contributed by atoms with E-state index in [1.807, 2.05) is 12.1 Å². The van der Waals surface area contributed by atoms with Gasteiger partial charge in [-0.2, -0.15) is 0 Å². The minimum absolute atomic E-state index is 0.118. The van der Waals surface area contributed by atoms with Crippen LogP contribution in [0.15, 0.2) is 28.7 Å². The smallest absolute Gasteiger partial charge is 0.263 e. The highest BCUT2D eigenvalue weighted by molar-refractivity contribution is 9.10. The lowest BCUT2D eigenvalue weighted by molar-refractivity contribution is -0.143. The second kappa shape index (κ2) is 4.89. The molecule has 1 aromatic rings. The zero-order valence-corrected chi connectivity index (χ0v) is 11.3. The molecule has 0 aromatic heterocycles. The molecule has 0 spiro atoms. The summed E-state index contributed by atoms with van der Waals surface area (Å²) < 4.78 is 0.914. The predicted octanol–water partition coefficient (Wildman–Crippen LogP) is 1.76. The summed E-state index contributed by atoms with van der Waals surface area (Å²) in [5.74, 6) is -1.51. The Labute approximate surface area is 112 Å². The topological polar surface area (TPSA) is 57.7 Å². The van der Waals surface area contributed by atoms with Crippen molar-refractivity contribution in [2.24, 2.45) is 0 Å². The van der Waals surface area contributed by atoms with Crippen molar-refractivity contribution in [3.8, 4) is 0 Å². The van der Waals surface area contributed by atoms with Gasteiger partial charge in [0, 0.05) is 11.0 Å². The van der Waals surface area contributed by atoms with Crippen molar-refractivity contribution in [1.29, 1.82) is 0 Å². The fraction of sp³-hybridized carbons (Fsp3) is 0.250. The number of hydrogen-bond donors (Lipinski definition) is 0. The van der Waals surface area contributed by atoms with Gasteiger partial charge in [0.05, 0.1) is 6.54 Å². The van der Waals surface area contributed by atoms with Gasteiger partial charge in [0.1, 0.15) is 0 Å². The number of imide groups is 2. The summed E-state index contributed by atoms with van der Waals surface area (Å²) in [6.45, 7) is 1.99. The molecule has 0 radical (unpaired) electrons. The highest BCUT2D eigenvalue weighted by Gasteiger charge is 2.43. The number of hydrogen-bond acceptors (Lipinski definition) is 3. The average Bonchev–Trinajstić information content (AvgIpc) is 2.56. The van der Waals surface area contributed by atoms with Crippen molar-refractivity contribution in [3.63, 3.8) is 0 Å². The molecule has 5 nitrogen and oxygen atoms in total. The maximum Gasteiger partial charge on any atom is 0.334 e. The van der Waals surface area contributed by atoms with E-state index in [2.05, 4.69) is 15.9 Å². The second-order valence-corrected chi connectivity index (χ2v) is 4.77. The Balaban J connectivity index is 2.19. The average molecular weight is 311 g/mol. The highest BCUT2D eigenvalue weighted by atomic mass is 79.9. The maximum absolute atomic E-state index is 11.8. The van der Waals surface area contributed by atoms with Crippen LogP contribution in [-0.4, -0.2) is 34.2 Å². The second-order valence-electron chi connectivity index (χ2n) is 3.85. The van der Waals surface area contributed by atoms with E-state index in [0.717, 1.165) is 19.8 Å². The molecule has 0 N–H and O–H groups in total. The molecule has 94 valence electrons. The third kappa shape index (κ3) is 2.15. The monoisotopic (exact) mass is 310 g/mol. The molecule has 0 saturated carbocycles. The number of halogens is 1. The number of rotatable bonds is 3. The molecule has 0 bridgehead atoms. The Morgan fingerprint density at radius 2 is 1.56 bits per heavy atom. The van der Waals surface area contributed by atoms with Crippen LogP contribution in [0.4, 0.5) is 4.79 Å². The van der Waals surface area contributed by atoms with Crippen LogP contribution < -0.4 is 0 Å². The minimum Gasteiger partial charge on any atom is -0.263 e. The highest BCUT2D eigenvalue weighted by Crippen LogP contribution is 2.17. The van der Waals surface area contributed by atoms with Crippen LogP contribution in [0.1, 0.15) is 12.5 Å². The Bertz CT molecular complexity index is 513. The predicted molar refractivity (Wildman–Crippen MR) is 67.5 cm³/mol. The van der Waals surface area contributed by atoms with E-state index >= 15 is 0 Å². The Kier molecular flexibility index (Phi) is 3.47. The zero-order valence-electron chi connectivity index (χ0n) is 9.72. The molecule has 1 aliphatic rings. The summed E-state index contributed by atoms with van der Waals surface area (Å²) in [5.41, 5.74) is 0.797. The molecule has 18 heavy (non-hydrogen) atoms. The van der Waals surface area contributed by atoms with Gasteiger partial charge < -0.3 is 0 Å². The van der Waals surface area contributed by atoms with Crippen LogP contribution in [0.2, 0.25) is 0 Å². The fourth-order valence-electron chi connectivity index (χ4n) is 1.74. The van der Waals surface area contributed by atoms with Gasteiger partial charge in [-0.15, -0.1) is 0 Å². The van der Waals surface area contributed by atoms with E-state index < -0.39 is 17.8 Å². The number of carbonyl (C=O) groups excluding carboxylic acids is 3. The van der Waals surface area contributed by atoms with Gasteiger partial charge in [-0.25, -0.2) is 4.79 Å². The quantitative estimate of drug-likeness (QED) is 0.631. The van der Waals surface area contributed by atoms with Crippen molar-refractivity contribution in [2.45, 2.75) is 13.5 Å². The summed E-state index contributed by atoms with van der Waals surface area (Å²) in [5, 5.41) is 0. The largest absolute Gasteiger partial charge is 0.334 e. The molecular formula is C12H11BrN2O3. The molecule has 1 aliphatic heterocycles. The van der Waals surface area contributed by atoms with Gasteiger partial charge >= 0.3 is 17.8 Å². The fourth-order valence-corrected chi connectivity index (χ4v) is 2.01. The molecule has 4 amide bonds. The van der Waals surface area contributed by atoms with Gasteiger partial charge in [-0.1, -0.05) is 28.1 Å². The number of benzene rings is 1. The Hall–Kier alpha value is -1.69. The van der Waals surface area contributed by atoms with Crippen LogP contribution in [0, 0.1) is 0 Å². The standard InChI is InChI=1S/C12H11BrN2O3/c1-2-14-10(16)11(17)15(12(14)18)7-8-3-5-9(13)6-4-8/h3-6H,2,7H2,1H3. The van der Waals surface area contributed by atoms with Gasteiger partial charge in [-0.3, -0.25) is 19.4 Å². The first-order chi connectivity index (χ1) is 8.54. The van der Waals surface area contributed by atoms with Gasteiger partial charge in [0.25, 0.3) is 0 Å². The molecule has 0 unspecified atom stereocenters. The molecule has 2 rings (SSSR count). The van der Waals surface area contributed by atoms with Crippen molar-refractivity contribution < 1.29 is 14.4 Å². The van der Waals surface area contributed by atoms with Gasteiger partial charge in [-0.05, 0) is 24.6 Å². The minimum atomic E-state index is -0.759. The van der Waals surface area contributed by atoms with Crippen molar-refractivity contribution in [2.75, 3.05) is 6.54 Å². The summed E-state index contributed by atoms with van der Waals surface area (Å²) >= 11 is 3.30. The zero-order chi connectivity index (χ0) is 13.3. The van der Waals surface area contributed by atoms with E-state index in [1.165, 1.54) is 0 Å². The summed E-state index contributed by atoms with van der Waals surface area (Å²) in [6.07, 6.45) is 0. The maximum atomic E-state index is 11.8. The first-order valence-electron chi connectivity index (χ1n) is 5.46. The summed E-state index contributed by atoms with van der Waals surface area (Å²) in [6, 6.07) is 6.68. The third-order valence-corrected chi connectivity index (χ3v) is 3.23. The molecule has 1 fully saturated rings. The Morgan fingerprint density at radius 1 is 1.00 bits per heavy atom. The lowest BCUT2D eigenvalue weighted by atomic mass is 10.2. The van der Waals surface area contributed by atoms with E-state index in [0.29, 0.717) is 0 Å². The first kappa shape index (κ1) is 12.8. The van der Waals surface area contributed by atoms with Gasteiger partial charge in [0.15, 0.2) is 0 Å². The lowest BCUT2D eigenvalue weighted by Gasteiger charge is -2.14. The number of amides is 4. The lowest BCUT2D eigenvalue weighted by Crippen LogP contribution is -2.32. The number of likely N-dealkylation sites (N-methyl/N-ethyl adjacent to an activating group) is 1. The molecular weight excluding hydrogens is 300 g/mol. The normalized spacial score (nSPS) is 15.8. The van der Waals surface area contributed by atoms with Crippen LogP contribution in [-0.2, 0) is 16.1 Å². The number of nitrogens with zero attached hydrogens (tertiary/aromatic N) is 2. The number of carbonyl (C=O) groups is 3. The molecule has 0 atom stereocenters. The van der Waals surface area contributed by atoms with E-state index in [-0.39, 0.29) is 13.1 Å². The van der Waals surface area contributed by atoms with E-state index in [4.69, 9.17) is 0 Å². The van der Waals surface area contributed by atoms with Gasteiger partial charge in [0.2, 0.25) is 0 Å². The van der Waals surface area contributed by atoms with Crippen LogP contribution >= 0.6 is 15.9 Å².